The van der Waals surface area contributed by atoms with Crippen molar-refractivity contribution in [3.8, 4) is 0 Å². The van der Waals surface area contributed by atoms with E-state index in [2.05, 4.69) is 10.6 Å². The van der Waals surface area contributed by atoms with Crippen LogP contribution in [0.25, 0.3) is 0 Å². The Kier molecular flexibility index (Phi) is 4.59. The Bertz CT molecular complexity index is 779. The van der Waals surface area contributed by atoms with E-state index in [9.17, 15) is 9.59 Å². The Morgan fingerprint density at radius 1 is 1.30 bits per heavy atom. The van der Waals surface area contributed by atoms with Gasteiger partial charge >= 0.3 is 0 Å². The Morgan fingerprint density at radius 2 is 2.09 bits per heavy atom. The number of nitrogens with one attached hydrogen (secondary N) is 2. The van der Waals surface area contributed by atoms with Crippen molar-refractivity contribution in [1.29, 1.82) is 0 Å². The molecule has 2 aromatic rings. The van der Waals surface area contributed by atoms with Gasteiger partial charge in [0, 0.05) is 22.0 Å². The zero-order valence-corrected chi connectivity index (χ0v) is 14.0. The lowest BCUT2D eigenvalue weighted by Crippen LogP contribution is -2.27. The van der Waals surface area contributed by atoms with Gasteiger partial charge in [0.05, 0.1) is 10.9 Å². The van der Waals surface area contributed by atoms with E-state index in [4.69, 9.17) is 11.6 Å². The van der Waals surface area contributed by atoms with Crippen LogP contribution in [0.15, 0.2) is 47.4 Å². The molecule has 3 rings (SSSR count). The second kappa shape index (κ2) is 6.64. The number of rotatable bonds is 3. The topological polar surface area (TPSA) is 58.2 Å². The van der Waals surface area contributed by atoms with Crippen molar-refractivity contribution >= 4 is 40.9 Å². The predicted molar refractivity (Wildman–Crippen MR) is 93.0 cm³/mol. The van der Waals surface area contributed by atoms with Crippen LogP contribution in [0, 0.1) is 0 Å². The summed E-state index contributed by atoms with van der Waals surface area (Å²) >= 11 is 7.57. The fraction of sp³-hybridized carbons (Fsp3) is 0.176. The molecule has 0 bridgehead atoms. The molecule has 2 N–H and O–H groups in total. The van der Waals surface area contributed by atoms with Crippen molar-refractivity contribution in [3.63, 3.8) is 0 Å². The van der Waals surface area contributed by atoms with E-state index in [1.54, 1.807) is 18.2 Å². The molecule has 0 unspecified atom stereocenters. The number of amides is 2. The maximum Gasteiger partial charge on any atom is 0.251 e. The van der Waals surface area contributed by atoms with Gasteiger partial charge in [0.2, 0.25) is 5.91 Å². The molecule has 1 aliphatic rings. The van der Waals surface area contributed by atoms with Gasteiger partial charge in [0.15, 0.2) is 0 Å². The molecule has 1 heterocycles. The molecule has 6 heteroatoms. The molecule has 118 valence electrons. The summed E-state index contributed by atoms with van der Waals surface area (Å²) in [4.78, 5) is 25.0. The molecule has 23 heavy (non-hydrogen) atoms. The number of hydrogen-bond donors (Lipinski definition) is 2. The lowest BCUT2D eigenvalue weighted by Gasteiger charge is -2.21. The molecular formula is C17H15ClN2O2S. The fourth-order valence-electron chi connectivity index (χ4n) is 2.27. The van der Waals surface area contributed by atoms with Gasteiger partial charge in [-0.25, -0.2) is 0 Å². The number of carbonyl (C=O) groups excluding carboxylic acids is 2. The van der Waals surface area contributed by atoms with Gasteiger partial charge in [-0.1, -0.05) is 29.8 Å². The molecular weight excluding hydrogens is 332 g/mol. The molecule has 0 radical (unpaired) electrons. The van der Waals surface area contributed by atoms with E-state index in [-0.39, 0.29) is 17.1 Å². The third-order valence-electron chi connectivity index (χ3n) is 3.57. The van der Waals surface area contributed by atoms with Crippen molar-refractivity contribution in [1.82, 2.24) is 5.32 Å². The normalized spacial score (nSPS) is 16.4. The number of hydrogen-bond acceptors (Lipinski definition) is 3. The maximum atomic E-state index is 12.3. The summed E-state index contributed by atoms with van der Waals surface area (Å²) in [6.45, 7) is 2.21. The van der Waals surface area contributed by atoms with Crippen LogP contribution in [-0.2, 0) is 11.3 Å². The zero-order valence-electron chi connectivity index (χ0n) is 12.4. The van der Waals surface area contributed by atoms with Crippen LogP contribution in [-0.4, -0.2) is 17.1 Å². The average molecular weight is 347 g/mol. The monoisotopic (exact) mass is 346 g/mol. The SMILES string of the molecule is C[C@H]1Sc2ccc(C(=O)NCc3ccccc3Cl)cc2NC1=O. The van der Waals surface area contributed by atoms with Gasteiger partial charge < -0.3 is 10.6 Å². The quantitative estimate of drug-likeness (QED) is 0.890. The molecule has 0 aromatic heterocycles. The van der Waals surface area contributed by atoms with Crippen molar-refractivity contribution in [2.75, 3.05) is 5.32 Å². The van der Waals surface area contributed by atoms with Gasteiger partial charge in [0.25, 0.3) is 5.91 Å². The minimum atomic E-state index is -0.203. The summed E-state index contributed by atoms with van der Waals surface area (Å²) in [6, 6.07) is 12.7. The molecule has 1 aliphatic heterocycles. The highest BCUT2D eigenvalue weighted by atomic mass is 35.5. The van der Waals surface area contributed by atoms with Crippen molar-refractivity contribution in [3.05, 3.63) is 58.6 Å². The van der Waals surface area contributed by atoms with Crippen LogP contribution in [0.5, 0.6) is 0 Å². The largest absolute Gasteiger partial charge is 0.348 e. The number of thioether (sulfide) groups is 1. The predicted octanol–water partition coefficient (Wildman–Crippen LogP) is 3.70. The molecule has 0 spiro atoms. The highest BCUT2D eigenvalue weighted by molar-refractivity contribution is 8.00. The Morgan fingerprint density at radius 3 is 2.87 bits per heavy atom. The number of benzene rings is 2. The Labute approximate surface area is 143 Å². The van der Waals surface area contributed by atoms with Gasteiger partial charge in [-0.3, -0.25) is 9.59 Å². The van der Waals surface area contributed by atoms with Crippen LogP contribution in [0.1, 0.15) is 22.8 Å². The number of halogens is 1. The molecule has 4 nitrogen and oxygen atoms in total. The summed E-state index contributed by atoms with van der Waals surface area (Å²) in [6.07, 6.45) is 0. The molecule has 1 atom stereocenters. The third-order valence-corrected chi connectivity index (χ3v) is 5.12. The van der Waals surface area contributed by atoms with Gasteiger partial charge in [-0.05, 0) is 36.8 Å². The van der Waals surface area contributed by atoms with E-state index in [1.807, 2.05) is 31.2 Å². The number of carbonyl (C=O) groups is 2. The highest BCUT2D eigenvalue weighted by Gasteiger charge is 2.23. The van der Waals surface area contributed by atoms with E-state index in [1.165, 1.54) is 11.8 Å². The number of anilines is 1. The highest BCUT2D eigenvalue weighted by Crippen LogP contribution is 2.35. The van der Waals surface area contributed by atoms with Crippen LogP contribution in [0.2, 0.25) is 5.02 Å². The maximum absolute atomic E-state index is 12.3. The van der Waals surface area contributed by atoms with E-state index in [0.717, 1.165) is 10.5 Å². The second-order valence-electron chi connectivity index (χ2n) is 5.23. The van der Waals surface area contributed by atoms with Gasteiger partial charge in [0.1, 0.15) is 0 Å². The van der Waals surface area contributed by atoms with Crippen LogP contribution in [0.4, 0.5) is 5.69 Å². The zero-order chi connectivity index (χ0) is 16.4. The minimum absolute atomic E-state index is 0.0453. The standard InChI is InChI=1S/C17H15ClN2O2S/c1-10-16(21)20-14-8-11(6-7-15(14)23-10)17(22)19-9-12-4-2-3-5-13(12)18/h2-8,10H,9H2,1H3,(H,19,22)(H,20,21)/t10-/m1/s1. The molecule has 0 saturated carbocycles. The van der Waals surface area contributed by atoms with E-state index in [0.29, 0.717) is 22.8 Å². The molecule has 0 saturated heterocycles. The van der Waals surface area contributed by atoms with Crippen molar-refractivity contribution in [2.24, 2.45) is 0 Å². The molecule has 0 aliphatic carbocycles. The molecule has 0 fully saturated rings. The first-order valence-electron chi connectivity index (χ1n) is 7.18. The first-order chi connectivity index (χ1) is 11.0. The summed E-state index contributed by atoms with van der Waals surface area (Å²) in [7, 11) is 0. The number of fused-ring (bicyclic) bond motifs is 1. The fourth-order valence-corrected chi connectivity index (χ4v) is 3.40. The Balaban J connectivity index is 1.72. The van der Waals surface area contributed by atoms with Gasteiger partial charge in [-0.15, -0.1) is 11.8 Å². The van der Waals surface area contributed by atoms with Crippen molar-refractivity contribution in [2.45, 2.75) is 23.6 Å². The lowest BCUT2D eigenvalue weighted by atomic mass is 10.1. The first-order valence-corrected chi connectivity index (χ1v) is 8.43. The van der Waals surface area contributed by atoms with E-state index < -0.39 is 0 Å². The van der Waals surface area contributed by atoms with E-state index >= 15 is 0 Å². The smallest absolute Gasteiger partial charge is 0.251 e. The summed E-state index contributed by atoms with van der Waals surface area (Å²) < 4.78 is 0. The van der Waals surface area contributed by atoms with Crippen LogP contribution < -0.4 is 10.6 Å². The lowest BCUT2D eigenvalue weighted by molar-refractivity contribution is -0.115. The summed E-state index contributed by atoms with van der Waals surface area (Å²) in [5.41, 5.74) is 2.05. The average Bonchev–Trinajstić information content (AvgIpc) is 2.54. The van der Waals surface area contributed by atoms with Crippen LogP contribution >= 0.6 is 23.4 Å². The first kappa shape index (κ1) is 15.9. The van der Waals surface area contributed by atoms with Crippen molar-refractivity contribution < 1.29 is 9.59 Å². The third kappa shape index (κ3) is 3.51. The summed E-state index contributed by atoms with van der Waals surface area (Å²) in [5.74, 6) is -0.248. The van der Waals surface area contributed by atoms with Crippen LogP contribution in [0.3, 0.4) is 0 Å². The summed E-state index contributed by atoms with van der Waals surface area (Å²) in [5, 5.41) is 6.17. The second-order valence-corrected chi connectivity index (χ2v) is 7.02. The Hall–Kier alpha value is -1.98. The minimum Gasteiger partial charge on any atom is -0.348 e. The van der Waals surface area contributed by atoms with Gasteiger partial charge in [-0.2, -0.15) is 0 Å². The molecule has 2 amide bonds. The molecule has 2 aromatic carbocycles.